The van der Waals surface area contributed by atoms with E-state index in [0.29, 0.717) is 25.4 Å². The molecule has 28 heavy (non-hydrogen) atoms. The van der Waals surface area contributed by atoms with Crippen molar-refractivity contribution in [3.05, 3.63) is 18.2 Å². The zero-order chi connectivity index (χ0) is 20.0. The van der Waals surface area contributed by atoms with Gasteiger partial charge in [0.25, 0.3) is 0 Å². The third kappa shape index (κ3) is 5.31. The van der Waals surface area contributed by atoms with Crippen LogP contribution in [0.3, 0.4) is 0 Å². The Bertz CT molecular complexity index is 609. The monoisotopic (exact) mass is 392 g/mol. The highest BCUT2D eigenvalue weighted by Crippen LogP contribution is 2.37. The third-order valence-corrected chi connectivity index (χ3v) is 6.47. The van der Waals surface area contributed by atoms with E-state index in [1.165, 1.54) is 12.8 Å². The fourth-order valence-electron chi connectivity index (χ4n) is 4.54. The molecule has 0 bridgehead atoms. The van der Waals surface area contributed by atoms with E-state index in [1.54, 1.807) is 26.4 Å². The van der Waals surface area contributed by atoms with Crippen molar-refractivity contribution in [2.75, 3.05) is 45.8 Å². The van der Waals surface area contributed by atoms with Gasteiger partial charge in [0.1, 0.15) is 11.5 Å². The highest BCUT2D eigenvalue weighted by Gasteiger charge is 2.38. The molecule has 1 aromatic carbocycles. The molecule has 1 saturated carbocycles. The lowest BCUT2D eigenvalue weighted by molar-refractivity contribution is -0.0398. The van der Waals surface area contributed by atoms with E-state index in [0.717, 1.165) is 50.2 Å². The second-order valence-electron chi connectivity index (χ2n) is 8.35. The number of likely N-dealkylation sites (tertiary alicyclic amines) is 1. The smallest absolute Gasteiger partial charge is 0.138 e. The first kappa shape index (κ1) is 21.2. The lowest BCUT2D eigenvalue weighted by Gasteiger charge is -2.48. The summed E-state index contributed by atoms with van der Waals surface area (Å²) in [6, 6.07) is 5.71. The Balaban J connectivity index is 1.46. The summed E-state index contributed by atoms with van der Waals surface area (Å²) >= 11 is 0. The van der Waals surface area contributed by atoms with Crippen molar-refractivity contribution in [2.24, 2.45) is 0 Å². The molecule has 6 nitrogen and oxygen atoms in total. The molecular weight excluding hydrogens is 356 g/mol. The molecule has 2 N–H and O–H groups in total. The number of anilines is 1. The maximum atomic E-state index is 10.1. The Labute approximate surface area is 169 Å². The SMILES string of the molecule is COCCOC1CCC(C)(N2CCC(Nc3cc(OC)ccc3O)CC2)CC1. The van der Waals surface area contributed by atoms with Crippen LogP contribution in [0.25, 0.3) is 0 Å². The number of phenolic OH excluding ortho intramolecular Hbond substituents is 1. The average molecular weight is 393 g/mol. The summed E-state index contributed by atoms with van der Waals surface area (Å²) < 4.78 is 16.3. The van der Waals surface area contributed by atoms with Gasteiger partial charge in [0.2, 0.25) is 0 Å². The number of piperidine rings is 1. The number of hydrogen-bond acceptors (Lipinski definition) is 6. The van der Waals surface area contributed by atoms with E-state index in [1.807, 2.05) is 6.07 Å². The molecule has 158 valence electrons. The zero-order valence-corrected chi connectivity index (χ0v) is 17.6. The van der Waals surface area contributed by atoms with E-state index in [-0.39, 0.29) is 11.3 Å². The maximum absolute atomic E-state index is 10.1. The molecular formula is C22H36N2O4. The molecule has 3 rings (SSSR count). The van der Waals surface area contributed by atoms with Crippen LogP contribution >= 0.6 is 0 Å². The number of methoxy groups -OCH3 is 2. The number of phenols is 1. The number of nitrogens with one attached hydrogen (secondary N) is 1. The van der Waals surface area contributed by atoms with E-state index >= 15 is 0 Å². The van der Waals surface area contributed by atoms with Gasteiger partial charge in [-0.25, -0.2) is 0 Å². The van der Waals surface area contributed by atoms with Gasteiger partial charge < -0.3 is 24.6 Å². The summed E-state index contributed by atoms with van der Waals surface area (Å²) in [7, 11) is 3.36. The normalized spacial score (nSPS) is 26.9. The molecule has 0 atom stereocenters. The van der Waals surface area contributed by atoms with Gasteiger partial charge in [0, 0.05) is 37.8 Å². The van der Waals surface area contributed by atoms with Crippen LogP contribution in [-0.4, -0.2) is 68.2 Å². The van der Waals surface area contributed by atoms with Gasteiger partial charge in [-0.1, -0.05) is 0 Å². The molecule has 0 unspecified atom stereocenters. The molecule has 2 fully saturated rings. The van der Waals surface area contributed by atoms with Gasteiger partial charge in [-0.2, -0.15) is 0 Å². The van der Waals surface area contributed by atoms with Crippen LogP contribution in [0.2, 0.25) is 0 Å². The molecule has 1 aliphatic heterocycles. The molecule has 2 aliphatic rings. The Morgan fingerprint density at radius 3 is 2.46 bits per heavy atom. The molecule has 0 amide bonds. The van der Waals surface area contributed by atoms with Crippen molar-refractivity contribution in [1.29, 1.82) is 0 Å². The van der Waals surface area contributed by atoms with Crippen LogP contribution in [-0.2, 0) is 9.47 Å². The molecule has 0 spiro atoms. The Morgan fingerprint density at radius 2 is 1.82 bits per heavy atom. The molecule has 1 aromatic rings. The zero-order valence-electron chi connectivity index (χ0n) is 17.6. The first-order valence-electron chi connectivity index (χ1n) is 10.5. The predicted molar refractivity (Wildman–Crippen MR) is 111 cm³/mol. The van der Waals surface area contributed by atoms with Gasteiger partial charge in [-0.05, 0) is 57.6 Å². The van der Waals surface area contributed by atoms with Crippen molar-refractivity contribution < 1.29 is 19.3 Å². The summed E-state index contributed by atoms with van der Waals surface area (Å²) in [6.45, 7) is 5.98. The van der Waals surface area contributed by atoms with Crippen LogP contribution in [0.4, 0.5) is 5.69 Å². The van der Waals surface area contributed by atoms with Crippen molar-refractivity contribution in [3.8, 4) is 11.5 Å². The lowest BCUT2D eigenvalue weighted by atomic mass is 9.79. The first-order chi connectivity index (χ1) is 13.5. The predicted octanol–water partition coefficient (Wildman–Crippen LogP) is 3.64. The first-order valence-corrected chi connectivity index (χ1v) is 10.5. The van der Waals surface area contributed by atoms with Gasteiger partial charge in [0.05, 0.1) is 32.1 Å². The van der Waals surface area contributed by atoms with Crippen LogP contribution < -0.4 is 10.1 Å². The standard InChI is InChI=1S/C22H36N2O4/c1-22(10-6-18(7-11-22)28-15-14-26-2)24-12-8-17(9-13-24)23-20-16-19(27-3)4-5-21(20)25/h4-5,16-18,23,25H,6-15H2,1-3H3. The third-order valence-electron chi connectivity index (χ3n) is 6.47. The molecule has 1 heterocycles. The van der Waals surface area contributed by atoms with Gasteiger partial charge in [0.15, 0.2) is 0 Å². The molecule has 1 saturated heterocycles. The fourth-order valence-corrected chi connectivity index (χ4v) is 4.54. The van der Waals surface area contributed by atoms with Crippen LogP contribution in [0.1, 0.15) is 45.4 Å². The van der Waals surface area contributed by atoms with Crippen LogP contribution in [0.15, 0.2) is 18.2 Å². The number of aromatic hydroxyl groups is 1. The largest absolute Gasteiger partial charge is 0.506 e. The topological polar surface area (TPSA) is 63.2 Å². The van der Waals surface area contributed by atoms with Crippen molar-refractivity contribution in [3.63, 3.8) is 0 Å². The Hall–Kier alpha value is -1.50. The maximum Gasteiger partial charge on any atom is 0.138 e. The van der Waals surface area contributed by atoms with E-state index in [2.05, 4.69) is 17.1 Å². The Morgan fingerprint density at radius 1 is 1.11 bits per heavy atom. The minimum atomic E-state index is 0.280. The molecule has 0 aromatic heterocycles. The van der Waals surface area contributed by atoms with E-state index in [9.17, 15) is 5.11 Å². The quantitative estimate of drug-likeness (QED) is 0.520. The second-order valence-corrected chi connectivity index (χ2v) is 8.35. The number of rotatable bonds is 8. The minimum Gasteiger partial charge on any atom is -0.506 e. The summed E-state index contributed by atoms with van der Waals surface area (Å²) in [5.41, 5.74) is 1.04. The van der Waals surface area contributed by atoms with Gasteiger partial charge >= 0.3 is 0 Å². The van der Waals surface area contributed by atoms with Gasteiger partial charge in [-0.15, -0.1) is 0 Å². The highest BCUT2D eigenvalue weighted by atomic mass is 16.5. The van der Waals surface area contributed by atoms with E-state index < -0.39 is 0 Å². The number of benzene rings is 1. The second kappa shape index (κ2) is 9.81. The molecule has 6 heteroatoms. The van der Waals surface area contributed by atoms with Crippen molar-refractivity contribution in [2.45, 2.75) is 63.1 Å². The summed E-state index contributed by atoms with van der Waals surface area (Å²) in [5.74, 6) is 1.04. The number of nitrogens with zero attached hydrogens (tertiary/aromatic N) is 1. The summed E-state index contributed by atoms with van der Waals surface area (Å²) in [5, 5.41) is 13.6. The number of hydrogen-bond donors (Lipinski definition) is 2. The molecule has 0 radical (unpaired) electrons. The fraction of sp³-hybridized carbons (Fsp3) is 0.727. The highest BCUT2D eigenvalue weighted by molar-refractivity contribution is 5.59. The minimum absolute atomic E-state index is 0.280. The molecule has 1 aliphatic carbocycles. The van der Waals surface area contributed by atoms with Gasteiger partial charge in [-0.3, -0.25) is 4.90 Å². The van der Waals surface area contributed by atoms with Crippen molar-refractivity contribution in [1.82, 2.24) is 4.90 Å². The van der Waals surface area contributed by atoms with Crippen LogP contribution in [0, 0.1) is 0 Å². The van der Waals surface area contributed by atoms with Crippen molar-refractivity contribution >= 4 is 5.69 Å². The average Bonchev–Trinajstić information content (AvgIpc) is 2.72. The van der Waals surface area contributed by atoms with Crippen LogP contribution in [0.5, 0.6) is 11.5 Å². The summed E-state index contributed by atoms with van der Waals surface area (Å²) in [4.78, 5) is 2.67. The lowest BCUT2D eigenvalue weighted by Crippen LogP contribution is -2.53. The Kier molecular flexibility index (Phi) is 7.43. The number of ether oxygens (including phenoxy) is 3. The summed E-state index contributed by atoms with van der Waals surface area (Å²) in [6.07, 6.45) is 7.21. The van der Waals surface area contributed by atoms with E-state index in [4.69, 9.17) is 14.2 Å².